The molecule has 6 nitrogen and oxygen atoms in total. The van der Waals surface area contributed by atoms with Crippen LogP contribution in [0.2, 0.25) is 0 Å². The third-order valence-electron chi connectivity index (χ3n) is 5.58. The second-order valence-corrected chi connectivity index (χ2v) is 7.40. The molecule has 0 fully saturated rings. The van der Waals surface area contributed by atoms with Crippen LogP contribution in [0.5, 0.6) is 5.75 Å². The molecule has 4 rings (SSSR count). The quantitative estimate of drug-likeness (QED) is 0.603. The fraction of sp³-hybridized carbons (Fsp3) is 0.348. The van der Waals surface area contributed by atoms with Crippen molar-refractivity contribution in [3.05, 3.63) is 65.1 Å². The minimum Gasteiger partial charge on any atom is -0.497 e. The van der Waals surface area contributed by atoms with Gasteiger partial charge in [-0.15, -0.1) is 0 Å². The van der Waals surface area contributed by atoms with Gasteiger partial charge in [-0.1, -0.05) is 12.1 Å². The summed E-state index contributed by atoms with van der Waals surface area (Å²) in [5.41, 5.74) is 3.99. The lowest BCUT2D eigenvalue weighted by atomic mass is 9.92. The average molecular weight is 411 g/mol. The number of amides is 2. The molecule has 1 atom stereocenters. The van der Waals surface area contributed by atoms with Crippen LogP contribution >= 0.6 is 0 Å². The van der Waals surface area contributed by atoms with Crippen LogP contribution in [0.25, 0.3) is 10.9 Å². The van der Waals surface area contributed by atoms with E-state index in [1.54, 1.807) is 26.4 Å². The molecular weight excluding hydrogens is 385 g/mol. The van der Waals surface area contributed by atoms with Crippen LogP contribution in [0.15, 0.2) is 42.5 Å². The van der Waals surface area contributed by atoms with E-state index < -0.39 is 0 Å². The number of fused-ring (bicyclic) bond motifs is 3. The van der Waals surface area contributed by atoms with Crippen LogP contribution in [-0.4, -0.2) is 49.8 Å². The monoisotopic (exact) mass is 411 g/mol. The summed E-state index contributed by atoms with van der Waals surface area (Å²) in [6.45, 7) is 1.70. The number of benzene rings is 2. The van der Waals surface area contributed by atoms with Crippen molar-refractivity contribution in [3.8, 4) is 5.75 Å². The summed E-state index contributed by atoms with van der Waals surface area (Å²) in [7, 11) is 3.29. The number of methoxy groups -OCH3 is 2. The van der Waals surface area contributed by atoms with Gasteiger partial charge in [0.05, 0.1) is 13.2 Å². The van der Waals surface area contributed by atoms with Crippen molar-refractivity contribution in [2.75, 3.05) is 33.9 Å². The normalized spacial score (nSPS) is 15.8. The molecule has 0 bridgehead atoms. The van der Waals surface area contributed by atoms with Gasteiger partial charge in [-0.25, -0.2) is 9.18 Å². The number of carbonyl (C=O) groups excluding carboxylic acids is 1. The molecule has 2 aromatic carbocycles. The highest BCUT2D eigenvalue weighted by Gasteiger charge is 2.34. The molecule has 2 heterocycles. The summed E-state index contributed by atoms with van der Waals surface area (Å²) in [5.74, 6) is 0.493. The van der Waals surface area contributed by atoms with Crippen LogP contribution in [0.1, 0.15) is 29.3 Å². The lowest BCUT2D eigenvalue weighted by molar-refractivity contribution is 0.173. The van der Waals surface area contributed by atoms with E-state index in [0.717, 1.165) is 40.8 Å². The summed E-state index contributed by atoms with van der Waals surface area (Å²) >= 11 is 0. The summed E-state index contributed by atoms with van der Waals surface area (Å²) in [6, 6.07) is 11.8. The molecule has 1 aliphatic heterocycles. The van der Waals surface area contributed by atoms with E-state index >= 15 is 0 Å². The van der Waals surface area contributed by atoms with E-state index in [-0.39, 0.29) is 17.9 Å². The first kappa shape index (κ1) is 20.2. The molecule has 2 amide bonds. The lowest BCUT2D eigenvalue weighted by Crippen LogP contribution is -2.46. The highest BCUT2D eigenvalue weighted by molar-refractivity contribution is 5.87. The van der Waals surface area contributed by atoms with Gasteiger partial charge in [0, 0.05) is 43.4 Å². The van der Waals surface area contributed by atoms with Gasteiger partial charge in [-0.3, -0.25) is 0 Å². The zero-order valence-electron chi connectivity index (χ0n) is 17.2. The highest BCUT2D eigenvalue weighted by Crippen LogP contribution is 2.39. The maximum atomic E-state index is 13.6. The number of nitrogens with zero attached hydrogens (tertiary/aromatic N) is 1. The smallest absolute Gasteiger partial charge is 0.318 e. The standard InChI is InChI=1S/C23H26FN3O3/c1-29-13-3-11-25-23(28)27-12-10-18-19-14-17(30-2)8-9-20(19)26-21(18)22(27)15-4-6-16(24)7-5-15/h4-9,14,22,26H,3,10-13H2,1-2H3,(H,25,28). The maximum absolute atomic E-state index is 13.6. The van der Waals surface area contributed by atoms with Crippen LogP contribution in [0.4, 0.5) is 9.18 Å². The number of urea groups is 1. The number of aromatic amines is 1. The van der Waals surface area contributed by atoms with Crippen molar-refractivity contribution in [3.63, 3.8) is 0 Å². The first-order valence-electron chi connectivity index (χ1n) is 10.1. The predicted molar refractivity (Wildman–Crippen MR) is 113 cm³/mol. The lowest BCUT2D eigenvalue weighted by Gasteiger charge is -2.36. The Morgan fingerprint density at radius 3 is 2.77 bits per heavy atom. The summed E-state index contributed by atoms with van der Waals surface area (Å²) in [6.07, 6.45) is 1.47. The number of carbonyl (C=O) groups is 1. The predicted octanol–water partition coefficient (Wildman–Crippen LogP) is 4.01. The Hall–Kier alpha value is -3.06. The Morgan fingerprint density at radius 2 is 2.03 bits per heavy atom. The molecule has 30 heavy (non-hydrogen) atoms. The van der Waals surface area contributed by atoms with Gasteiger partial charge >= 0.3 is 6.03 Å². The number of hydrogen-bond acceptors (Lipinski definition) is 3. The molecule has 1 unspecified atom stereocenters. The van der Waals surface area contributed by atoms with Crippen LogP contribution in [0, 0.1) is 5.82 Å². The summed E-state index contributed by atoms with van der Waals surface area (Å²) < 4.78 is 24.0. The number of hydrogen-bond donors (Lipinski definition) is 2. The second-order valence-electron chi connectivity index (χ2n) is 7.40. The molecule has 0 radical (unpaired) electrons. The first-order chi connectivity index (χ1) is 14.6. The number of halogens is 1. The van der Waals surface area contributed by atoms with E-state index in [1.807, 2.05) is 23.1 Å². The minimum atomic E-state index is -0.324. The average Bonchev–Trinajstić information content (AvgIpc) is 3.14. The molecule has 0 aliphatic carbocycles. The van der Waals surface area contributed by atoms with Crippen LogP contribution < -0.4 is 10.1 Å². The zero-order chi connectivity index (χ0) is 21.1. The fourth-order valence-electron chi connectivity index (χ4n) is 4.12. The van der Waals surface area contributed by atoms with Crippen LogP contribution in [0.3, 0.4) is 0 Å². The van der Waals surface area contributed by atoms with E-state index in [2.05, 4.69) is 10.3 Å². The molecule has 0 saturated carbocycles. The second kappa shape index (κ2) is 8.75. The Balaban J connectivity index is 1.72. The van der Waals surface area contributed by atoms with E-state index in [0.29, 0.717) is 19.7 Å². The molecule has 0 saturated heterocycles. The minimum absolute atomic E-state index is 0.137. The summed E-state index contributed by atoms with van der Waals surface area (Å²) in [4.78, 5) is 18.3. The Morgan fingerprint density at radius 1 is 1.23 bits per heavy atom. The van der Waals surface area contributed by atoms with Crippen molar-refractivity contribution in [1.29, 1.82) is 0 Å². The highest BCUT2D eigenvalue weighted by atomic mass is 19.1. The Labute approximate surface area is 175 Å². The SMILES string of the molecule is COCCCNC(=O)N1CCc2c([nH]c3ccc(OC)cc23)C1c1ccc(F)cc1. The fourth-order valence-corrected chi connectivity index (χ4v) is 4.12. The molecule has 0 spiro atoms. The van der Waals surface area contributed by atoms with Crippen molar-refractivity contribution in [2.24, 2.45) is 0 Å². The molecule has 7 heteroatoms. The number of rotatable bonds is 6. The molecule has 2 N–H and O–H groups in total. The molecule has 1 aromatic heterocycles. The van der Waals surface area contributed by atoms with Crippen molar-refractivity contribution >= 4 is 16.9 Å². The van der Waals surface area contributed by atoms with Gasteiger partial charge < -0.3 is 24.7 Å². The molecule has 1 aliphatic rings. The van der Waals surface area contributed by atoms with E-state index in [9.17, 15) is 9.18 Å². The Bertz CT molecular complexity index is 1030. The van der Waals surface area contributed by atoms with Gasteiger partial charge in [-0.05, 0) is 54.3 Å². The van der Waals surface area contributed by atoms with Gasteiger partial charge in [-0.2, -0.15) is 0 Å². The largest absolute Gasteiger partial charge is 0.497 e. The topological polar surface area (TPSA) is 66.6 Å². The number of nitrogens with one attached hydrogen (secondary N) is 2. The number of H-pyrrole nitrogens is 1. The number of aromatic nitrogens is 1. The van der Waals surface area contributed by atoms with Crippen LogP contribution in [-0.2, 0) is 11.2 Å². The molecular formula is C23H26FN3O3. The maximum Gasteiger partial charge on any atom is 0.318 e. The van der Waals surface area contributed by atoms with Crippen molar-refractivity contribution < 1.29 is 18.7 Å². The first-order valence-corrected chi connectivity index (χ1v) is 10.1. The molecule has 3 aromatic rings. The number of ether oxygens (including phenoxy) is 2. The van der Waals surface area contributed by atoms with E-state index in [4.69, 9.17) is 9.47 Å². The summed E-state index contributed by atoms with van der Waals surface area (Å²) in [5, 5.41) is 4.07. The van der Waals surface area contributed by atoms with E-state index in [1.165, 1.54) is 17.7 Å². The van der Waals surface area contributed by atoms with Crippen molar-refractivity contribution in [2.45, 2.75) is 18.9 Å². The van der Waals surface area contributed by atoms with Crippen molar-refractivity contribution in [1.82, 2.24) is 15.2 Å². The van der Waals surface area contributed by atoms with Gasteiger partial charge in [0.15, 0.2) is 0 Å². The van der Waals surface area contributed by atoms with Gasteiger partial charge in [0.25, 0.3) is 0 Å². The third-order valence-corrected chi connectivity index (χ3v) is 5.58. The van der Waals surface area contributed by atoms with Gasteiger partial charge in [0.1, 0.15) is 11.6 Å². The molecule has 158 valence electrons. The zero-order valence-corrected chi connectivity index (χ0v) is 17.2. The third kappa shape index (κ3) is 3.85. The Kier molecular flexibility index (Phi) is 5.90. The van der Waals surface area contributed by atoms with Gasteiger partial charge in [0.2, 0.25) is 0 Å².